The zero-order chi connectivity index (χ0) is 22.0. The second-order valence-corrected chi connectivity index (χ2v) is 6.98. The summed E-state index contributed by atoms with van der Waals surface area (Å²) in [4.78, 5) is 41.4. The van der Waals surface area contributed by atoms with Gasteiger partial charge in [0, 0.05) is 13.1 Å². The highest BCUT2D eigenvalue weighted by Crippen LogP contribution is 2.26. The molecule has 10 heteroatoms. The third kappa shape index (κ3) is 17.4. The number of ether oxygens (including phenoxy) is 2. The van der Waals surface area contributed by atoms with Crippen molar-refractivity contribution in [3.8, 4) is 0 Å². The summed E-state index contributed by atoms with van der Waals surface area (Å²) >= 11 is 0. The lowest BCUT2D eigenvalue weighted by Gasteiger charge is -2.28. The van der Waals surface area contributed by atoms with E-state index in [1.54, 1.807) is 0 Å². The Kier molecular flexibility index (Phi) is 15.1. The van der Waals surface area contributed by atoms with Crippen LogP contribution in [0.3, 0.4) is 0 Å². The van der Waals surface area contributed by atoms with Crippen molar-refractivity contribution in [2.24, 2.45) is 11.3 Å². The average Bonchev–Trinajstić information content (AvgIpc) is 2.65. The zero-order valence-corrected chi connectivity index (χ0v) is 17.6. The largest absolute Gasteiger partial charge is 0.447 e. The number of carbonyl (C=O) groups excluding carboxylic acids is 2. The van der Waals surface area contributed by atoms with Gasteiger partial charge in [0.05, 0.1) is 0 Å². The molecule has 0 fully saturated rings. The monoisotopic (exact) mass is 418 g/mol. The zero-order valence-electron chi connectivity index (χ0n) is 17.6. The third-order valence-electron chi connectivity index (χ3n) is 3.59. The van der Waals surface area contributed by atoms with Gasteiger partial charge in [-0.1, -0.05) is 33.9 Å². The Morgan fingerprint density at radius 2 is 1.45 bits per heavy atom. The van der Waals surface area contributed by atoms with Crippen molar-refractivity contribution in [3.63, 3.8) is 0 Å². The molecular weight excluding hydrogens is 384 g/mol. The molecule has 2 amide bonds. The van der Waals surface area contributed by atoms with Crippen LogP contribution in [0.5, 0.6) is 0 Å². The van der Waals surface area contributed by atoms with Crippen molar-refractivity contribution in [3.05, 3.63) is 25.7 Å². The first kappa shape index (κ1) is 26.5. The predicted octanol–water partition coefficient (Wildman–Crippen LogP) is 3.06. The van der Waals surface area contributed by atoms with Gasteiger partial charge in [0.25, 0.3) is 0 Å². The van der Waals surface area contributed by atoms with Crippen molar-refractivity contribution in [2.45, 2.75) is 33.6 Å². The lowest BCUT2D eigenvalue weighted by atomic mass is 9.82. The second kappa shape index (κ2) is 16.5. The van der Waals surface area contributed by atoms with Crippen LogP contribution in [0, 0.1) is 11.3 Å². The van der Waals surface area contributed by atoms with Crippen LogP contribution in [-0.2, 0) is 29.0 Å². The Hall–Kier alpha value is -2.46. The van der Waals surface area contributed by atoms with Crippen LogP contribution < -0.4 is 10.6 Å². The first-order valence-corrected chi connectivity index (χ1v) is 9.40. The van der Waals surface area contributed by atoms with Crippen LogP contribution >= 0.6 is 0 Å². The van der Waals surface area contributed by atoms with Gasteiger partial charge in [0.1, 0.15) is 39.0 Å². The van der Waals surface area contributed by atoms with Gasteiger partial charge in [-0.3, -0.25) is 0 Å². The van der Waals surface area contributed by atoms with Crippen molar-refractivity contribution in [2.75, 3.05) is 39.5 Å². The van der Waals surface area contributed by atoms with Gasteiger partial charge in [-0.25, -0.2) is 9.59 Å². The molecule has 0 aromatic carbocycles. The highest BCUT2D eigenvalue weighted by atomic mass is 17.2. The van der Waals surface area contributed by atoms with Gasteiger partial charge in [-0.2, -0.15) is 9.78 Å². The minimum atomic E-state index is -0.514. The lowest BCUT2D eigenvalue weighted by Crippen LogP contribution is -2.36. The number of hydrogen-bond donors (Lipinski definition) is 2. The van der Waals surface area contributed by atoms with Crippen LogP contribution in [0.4, 0.5) is 9.59 Å². The Balaban J connectivity index is 3.84. The number of rotatable bonds is 17. The van der Waals surface area contributed by atoms with Crippen molar-refractivity contribution in [1.29, 1.82) is 0 Å². The van der Waals surface area contributed by atoms with Crippen molar-refractivity contribution >= 4 is 12.2 Å². The minimum Gasteiger partial charge on any atom is -0.447 e. The van der Waals surface area contributed by atoms with Gasteiger partial charge in [0.15, 0.2) is 0 Å². The summed E-state index contributed by atoms with van der Waals surface area (Å²) in [6.45, 7) is 14.2. The van der Waals surface area contributed by atoms with Crippen LogP contribution in [0.2, 0.25) is 0 Å². The normalized spacial score (nSPS) is 11.7. The van der Waals surface area contributed by atoms with E-state index in [0.717, 1.165) is 25.4 Å². The summed E-state index contributed by atoms with van der Waals surface area (Å²) in [6, 6.07) is 0. The molecule has 0 heterocycles. The molecule has 0 aliphatic carbocycles. The van der Waals surface area contributed by atoms with Crippen molar-refractivity contribution in [1.82, 2.24) is 10.6 Å². The molecule has 29 heavy (non-hydrogen) atoms. The maximum absolute atomic E-state index is 11.7. The van der Waals surface area contributed by atoms with E-state index in [1.165, 1.54) is 0 Å². The lowest BCUT2D eigenvalue weighted by molar-refractivity contribution is -0.252. The summed E-state index contributed by atoms with van der Waals surface area (Å²) in [5.41, 5.74) is -0.135. The van der Waals surface area contributed by atoms with Gasteiger partial charge < -0.3 is 29.9 Å². The molecule has 10 nitrogen and oxygen atoms in total. The first-order chi connectivity index (χ1) is 13.8. The standard InChI is InChI=1S/C19H34N2O8/c1-6-26-28-12-10-24-17(22)20-9-8-16(3)14-19(4,5)15-21-18(23)25-11-13-29-27-7-2/h6-7,16H,1-2,8-15H2,3-5H3,(H,20,22)(H,21,23). The Morgan fingerprint density at radius 3 is 1.97 bits per heavy atom. The number of alkyl carbamates (subject to hydrolysis) is 2. The van der Waals surface area contributed by atoms with E-state index in [0.29, 0.717) is 19.0 Å². The highest BCUT2D eigenvalue weighted by Gasteiger charge is 2.22. The summed E-state index contributed by atoms with van der Waals surface area (Å²) in [5, 5.41) is 5.42. The number of nitrogens with one attached hydrogen (secondary N) is 2. The van der Waals surface area contributed by atoms with E-state index < -0.39 is 12.2 Å². The average molecular weight is 418 g/mol. The van der Waals surface area contributed by atoms with Gasteiger partial charge in [-0.15, -0.1) is 0 Å². The smallest absolute Gasteiger partial charge is 0.407 e. The van der Waals surface area contributed by atoms with E-state index in [-0.39, 0.29) is 31.8 Å². The summed E-state index contributed by atoms with van der Waals surface area (Å²) in [6.07, 6.45) is 2.88. The molecule has 0 aliphatic rings. The van der Waals surface area contributed by atoms with E-state index in [2.05, 4.69) is 64.1 Å². The number of amides is 2. The molecule has 0 aromatic rings. The molecule has 0 aliphatic heterocycles. The minimum absolute atomic E-state index is 0.0751. The van der Waals surface area contributed by atoms with Crippen LogP contribution in [0.25, 0.3) is 0 Å². The van der Waals surface area contributed by atoms with E-state index >= 15 is 0 Å². The van der Waals surface area contributed by atoms with Gasteiger partial charge in [0.2, 0.25) is 0 Å². The molecule has 0 rings (SSSR count). The van der Waals surface area contributed by atoms with Crippen LogP contribution in [0.15, 0.2) is 25.7 Å². The summed E-state index contributed by atoms with van der Waals surface area (Å²) in [7, 11) is 0. The fourth-order valence-corrected chi connectivity index (χ4v) is 2.48. The van der Waals surface area contributed by atoms with Gasteiger partial charge >= 0.3 is 12.2 Å². The molecule has 1 unspecified atom stereocenters. The molecule has 2 N–H and O–H groups in total. The third-order valence-corrected chi connectivity index (χ3v) is 3.59. The highest BCUT2D eigenvalue weighted by molar-refractivity contribution is 5.67. The van der Waals surface area contributed by atoms with Crippen molar-refractivity contribution < 1.29 is 38.6 Å². The maximum atomic E-state index is 11.7. The molecule has 0 saturated heterocycles. The molecule has 168 valence electrons. The molecule has 0 radical (unpaired) electrons. The topological polar surface area (TPSA) is 114 Å². The fourth-order valence-electron chi connectivity index (χ4n) is 2.48. The van der Waals surface area contributed by atoms with E-state index in [9.17, 15) is 9.59 Å². The van der Waals surface area contributed by atoms with E-state index in [4.69, 9.17) is 9.47 Å². The first-order valence-electron chi connectivity index (χ1n) is 9.40. The number of hydrogen-bond acceptors (Lipinski definition) is 8. The fraction of sp³-hybridized carbons (Fsp3) is 0.684. The second-order valence-electron chi connectivity index (χ2n) is 6.98. The van der Waals surface area contributed by atoms with Gasteiger partial charge in [-0.05, 0) is 24.2 Å². The van der Waals surface area contributed by atoms with E-state index in [1.807, 2.05) is 0 Å². The molecule has 0 saturated carbocycles. The Labute approximate surface area is 172 Å². The molecule has 0 spiro atoms. The molecule has 0 aromatic heterocycles. The molecule has 0 bridgehead atoms. The maximum Gasteiger partial charge on any atom is 0.407 e. The Bertz CT molecular complexity index is 485. The number of carbonyl (C=O) groups is 2. The molecule has 1 atom stereocenters. The molecular formula is C19H34N2O8. The Morgan fingerprint density at radius 1 is 0.931 bits per heavy atom. The van der Waals surface area contributed by atoms with Crippen LogP contribution in [-0.4, -0.2) is 51.7 Å². The summed E-state index contributed by atoms with van der Waals surface area (Å²) < 4.78 is 9.88. The quantitative estimate of drug-likeness (QED) is 0.160. The summed E-state index contributed by atoms with van der Waals surface area (Å²) in [5.74, 6) is 0.330. The predicted molar refractivity (Wildman–Crippen MR) is 105 cm³/mol. The van der Waals surface area contributed by atoms with Crippen LogP contribution in [0.1, 0.15) is 33.6 Å². The SMILES string of the molecule is C=COOCCOC(=O)NCCC(C)CC(C)(C)CNC(=O)OCCOOC=C.